The lowest BCUT2D eigenvalue weighted by molar-refractivity contribution is 0.560. The van der Waals surface area contributed by atoms with Crippen molar-refractivity contribution in [1.29, 1.82) is 0 Å². The Bertz CT molecular complexity index is 460. The first-order valence-corrected chi connectivity index (χ1v) is 5.87. The fourth-order valence-electron chi connectivity index (χ4n) is 2.20. The molecule has 0 amide bonds. The van der Waals surface area contributed by atoms with E-state index in [2.05, 4.69) is 26.4 Å². The molecule has 2 aromatic rings. The summed E-state index contributed by atoms with van der Waals surface area (Å²) in [7, 11) is 0. The minimum atomic E-state index is 0.205. The molecule has 0 spiro atoms. The number of hydrogen-bond donors (Lipinski definition) is 1. The van der Waals surface area contributed by atoms with Crippen molar-refractivity contribution < 1.29 is 0 Å². The van der Waals surface area contributed by atoms with E-state index in [1.54, 1.807) is 6.20 Å². The molecule has 0 bridgehead atoms. The lowest BCUT2D eigenvalue weighted by Crippen LogP contribution is -2.17. The maximum Gasteiger partial charge on any atom is 0.140 e. The third-order valence-electron chi connectivity index (χ3n) is 2.94. The van der Waals surface area contributed by atoms with E-state index in [1.807, 2.05) is 0 Å². The molecular weight excluding hydrogens is 208 g/mol. The molecule has 5 heteroatoms. The van der Waals surface area contributed by atoms with Gasteiger partial charge in [0.2, 0.25) is 0 Å². The Labute approximate surface area is 91.9 Å². The smallest absolute Gasteiger partial charge is 0.140 e. The van der Waals surface area contributed by atoms with E-state index in [9.17, 15) is 0 Å². The van der Waals surface area contributed by atoms with Crippen molar-refractivity contribution in [1.82, 2.24) is 14.2 Å². The normalized spacial score (nSPS) is 20.2. The quantitative estimate of drug-likeness (QED) is 0.795. The van der Waals surface area contributed by atoms with Crippen LogP contribution in [-0.4, -0.2) is 14.2 Å². The fraction of sp³-hybridized carbons (Fsp3) is 0.400. The Morgan fingerprint density at radius 3 is 3.27 bits per heavy atom. The summed E-state index contributed by atoms with van der Waals surface area (Å²) in [6.07, 6.45) is 7.24. The SMILES string of the molecule is NC1CCCc2c1ccn2-c1cnns1. The summed E-state index contributed by atoms with van der Waals surface area (Å²) in [5.41, 5.74) is 8.69. The summed E-state index contributed by atoms with van der Waals surface area (Å²) >= 11 is 1.42. The fourth-order valence-corrected chi connectivity index (χ4v) is 2.73. The Hall–Kier alpha value is -1.20. The third-order valence-corrected chi connectivity index (χ3v) is 3.61. The molecule has 4 nitrogen and oxygen atoms in total. The van der Waals surface area contributed by atoms with E-state index in [4.69, 9.17) is 5.73 Å². The zero-order valence-corrected chi connectivity index (χ0v) is 9.07. The largest absolute Gasteiger partial charge is 0.324 e. The Balaban J connectivity index is 2.11. The summed E-state index contributed by atoms with van der Waals surface area (Å²) in [6.45, 7) is 0. The van der Waals surface area contributed by atoms with E-state index in [0.29, 0.717) is 0 Å². The third kappa shape index (κ3) is 1.39. The summed E-state index contributed by atoms with van der Waals surface area (Å²) < 4.78 is 6.05. The van der Waals surface area contributed by atoms with Crippen molar-refractivity contribution in [2.24, 2.45) is 5.73 Å². The van der Waals surface area contributed by atoms with E-state index < -0.39 is 0 Å². The van der Waals surface area contributed by atoms with Crippen molar-refractivity contribution in [3.05, 3.63) is 29.7 Å². The van der Waals surface area contributed by atoms with E-state index in [0.717, 1.165) is 17.8 Å². The predicted molar refractivity (Wildman–Crippen MR) is 59.1 cm³/mol. The topological polar surface area (TPSA) is 56.7 Å². The molecule has 2 N–H and O–H groups in total. The van der Waals surface area contributed by atoms with Gasteiger partial charge in [-0.05, 0) is 30.9 Å². The molecule has 78 valence electrons. The van der Waals surface area contributed by atoms with Crippen LogP contribution >= 0.6 is 11.5 Å². The van der Waals surface area contributed by atoms with Gasteiger partial charge in [0.05, 0.1) is 6.20 Å². The molecule has 1 aliphatic rings. The number of rotatable bonds is 1. The lowest BCUT2D eigenvalue weighted by atomic mass is 9.94. The van der Waals surface area contributed by atoms with Crippen LogP contribution in [0.15, 0.2) is 18.5 Å². The molecule has 1 unspecified atom stereocenters. The number of hydrogen-bond acceptors (Lipinski definition) is 4. The molecular formula is C10H12N4S. The highest BCUT2D eigenvalue weighted by atomic mass is 32.1. The van der Waals surface area contributed by atoms with Gasteiger partial charge in [-0.1, -0.05) is 4.49 Å². The van der Waals surface area contributed by atoms with E-state index >= 15 is 0 Å². The number of nitrogens with two attached hydrogens (primary N) is 1. The first-order valence-electron chi connectivity index (χ1n) is 5.09. The second-order valence-electron chi connectivity index (χ2n) is 3.84. The molecule has 3 rings (SSSR count). The number of fused-ring (bicyclic) bond motifs is 1. The average Bonchev–Trinajstić information content (AvgIpc) is 2.85. The van der Waals surface area contributed by atoms with Gasteiger partial charge in [-0.25, -0.2) is 0 Å². The van der Waals surface area contributed by atoms with Crippen molar-refractivity contribution in [3.8, 4) is 5.00 Å². The Morgan fingerprint density at radius 1 is 1.53 bits per heavy atom. The molecule has 0 saturated heterocycles. The number of nitrogens with zero attached hydrogens (tertiary/aromatic N) is 3. The van der Waals surface area contributed by atoms with Crippen LogP contribution in [0.25, 0.3) is 5.00 Å². The molecule has 0 fully saturated rings. The maximum atomic E-state index is 6.07. The molecule has 1 aliphatic carbocycles. The van der Waals surface area contributed by atoms with Crippen LogP contribution in [0, 0.1) is 0 Å². The molecule has 2 heterocycles. The zero-order valence-electron chi connectivity index (χ0n) is 8.26. The second-order valence-corrected chi connectivity index (χ2v) is 4.61. The first kappa shape index (κ1) is 9.06. The highest BCUT2D eigenvalue weighted by Crippen LogP contribution is 2.30. The molecule has 0 saturated carbocycles. The van der Waals surface area contributed by atoms with Crippen LogP contribution in [0.4, 0.5) is 0 Å². The van der Waals surface area contributed by atoms with Gasteiger partial charge in [0.25, 0.3) is 0 Å². The van der Waals surface area contributed by atoms with Gasteiger partial charge < -0.3 is 10.3 Å². The van der Waals surface area contributed by atoms with Gasteiger partial charge in [0, 0.05) is 29.5 Å². The summed E-state index contributed by atoms with van der Waals surface area (Å²) in [4.78, 5) is 0. The van der Waals surface area contributed by atoms with Gasteiger partial charge in [-0.15, -0.1) is 5.10 Å². The minimum Gasteiger partial charge on any atom is -0.324 e. The van der Waals surface area contributed by atoms with Gasteiger partial charge in [0.15, 0.2) is 0 Å². The number of aromatic nitrogens is 3. The zero-order chi connectivity index (χ0) is 10.3. The summed E-state index contributed by atoms with van der Waals surface area (Å²) in [5, 5.41) is 4.94. The Kier molecular flexibility index (Phi) is 2.07. The van der Waals surface area contributed by atoms with E-state index in [1.165, 1.54) is 29.2 Å². The lowest BCUT2D eigenvalue weighted by Gasteiger charge is -2.20. The first-order chi connectivity index (χ1) is 7.36. The van der Waals surface area contributed by atoms with Crippen molar-refractivity contribution in [3.63, 3.8) is 0 Å². The van der Waals surface area contributed by atoms with E-state index in [-0.39, 0.29) is 6.04 Å². The van der Waals surface area contributed by atoms with Crippen LogP contribution < -0.4 is 5.73 Å². The maximum absolute atomic E-state index is 6.07. The highest BCUT2D eigenvalue weighted by Gasteiger charge is 2.20. The average molecular weight is 220 g/mol. The Morgan fingerprint density at radius 2 is 2.47 bits per heavy atom. The molecule has 1 atom stereocenters. The highest BCUT2D eigenvalue weighted by molar-refractivity contribution is 7.08. The molecule has 0 aromatic carbocycles. The molecule has 0 aliphatic heterocycles. The van der Waals surface area contributed by atoms with Gasteiger partial charge in [-0.2, -0.15) is 0 Å². The van der Waals surface area contributed by atoms with Crippen LogP contribution in [0.5, 0.6) is 0 Å². The second kappa shape index (κ2) is 3.43. The van der Waals surface area contributed by atoms with Crippen molar-refractivity contribution in [2.45, 2.75) is 25.3 Å². The monoisotopic (exact) mass is 220 g/mol. The minimum absolute atomic E-state index is 0.205. The molecule has 15 heavy (non-hydrogen) atoms. The standard InChI is InChI=1S/C10H12N4S/c11-8-2-1-3-9-7(8)4-5-14(9)10-6-12-13-15-10/h4-6,8H,1-3,11H2. The van der Waals surface area contributed by atoms with Crippen LogP contribution in [-0.2, 0) is 6.42 Å². The van der Waals surface area contributed by atoms with Gasteiger partial charge in [-0.3, -0.25) is 0 Å². The molecule has 0 radical (unpaired) electrons. The summed E-state index contributed by atoms with van der Waals surface area (Å²) in [5.74, 6) is 0. The van der Waals surface area contributed by atoms with Crippen LogP contribution in [0.3, 0.4) is 0 Å². The summed E-state index contributed by atoms with van der Waals surface area (Å²) in [6, 6.07) is 2.33. The predicted octanol–water partition coefficient (Wildman–Crippen LogP) is 1.66. The van der Waals surface area contributed by atoms with Gasteiger partial charge >= 0.3 is 0 Å². The molecule has 2 aromatic heterocycles. The van der Waals surface area contributed by atoms with Gasteiger partial charge in [0.1, 0.15) is 5.00 Å². The van der Waals surface area contributed by atoms with Crippen molar-refractivity contribution in [2.75, 3.05) is 0 Å². The van der Waals surface area contributed by atoms with Crippen LogP contribution in [0.2, 0.25) is 0 Å². The van der Waals surface area contributed by atoms with Crippen molar-refractivity contribution >= 4 is 11.5 Å². The van der Waals surface area contributed by atoms with Crippen LogP contribution in [0.1, 0.15) is 30.1 Å².